The van der Waals surface area contributed by atoms with Crippen molar-refractivity contribution in [3.05, 3.63) is 34.6 Å². The monoisotopic (exact) mass is 273 g/mol. The molecule has 0 aliphatic carbocycles. The number of aliphatic hydroxyl groups excluding tert-OH is 1. The number of halogens is 2. The molecule has 0 bridgehead atoms. The van der Waals surface area contributed by atoms with Gasteiger partial charge in [-0.05, 0) is 23.5 Å². The molecule has 1 aromatic rings. The normalized spacial score (nSPS) is 16.7. The van der Waals surface area contributed by atoms with Gasteiger partial charge in [0.25, 0.3) is 0 Å². The molecule has 0 aliphatic rings. The van der Waals surface area contributed by atoms with Gasteiger partial charge in [0, 0.05) is 12.5 Å². The first-order chi connectivity index (χ1) is 8.40. The second-order valence-corrected chi connectivity index (χ2v) is 5.49. The first-order valence-electron chi connectivity index (χ1n) is 6.22. The van der Waals surface area contributed by atoms with E-state index in [1.165, 1.54) is 6.07 Å². The van der Waals surface area contributed by atoms with E-state index in [4.69, 9.17) is 17.3 Å². The van der Waals surface area contributed by atoms with Crippen LogP contribution in [0.5, 0.6) is 0 Å². The van der Waals surface area contributed by atoms with Crippen LogP contribution in [0.1, 0.15) is 32.3 Å². The molecule has 1 rings (SSSR count). The van der Waals surface area contributed by atoms with Crippen molar-refractivity contribution in [1.29, 1.82) is 0 Å². The predicted octanol–water partition coefficient (Wildman–Crippen LogP) is 3.17. The van der Waals surface area contributed by atoms with Gasteiger partial charge >= 0.3 is 0 Å². The van der Waals surface area contributed by atoms with Gasteiger partial charge in [-0.1, -0.05) is 44.5 Å². The van der Waals surface area contributed by atoms with Gasteiger partial charge in [-0.15, -0.1) is 0 Å². The van der Waals surface area contributed by atoms with Crippen molar-refractivity contribution in [2.75, 3.05) is 6.54 Å². The fourth-order valence-electron chi connectivity index (χ4n) is 2.02. The van der Waals surface area contributed by atoms with Gasteiger partial charge in [0.1, 0.15) is 5.82 Å². The lowest BCUT2D eigenvalue weighted by Gasteiger charge is -2.29. The minimum absolute atomic E-state index is 0.0388. The molecule has 2 nitrogen and oxygen atoms in total. The maximum Gasteiger partial charge on any atom is 0.145 e. The molecular weight excluding hydrogens is 253 g/mol. The number of benzene rings is 1. The first-order valence-corrected chi connectivity index (χ1v) is 6.60. The van der Waals surface area contributed by atoms with Crippen LogP contribution in [0, 0.1) is 17.7 Å². The second-order valence-electron chi connectivity index (χ2n) is 5.08. The number of nitrogens with two attached hydrogens (primary N) is 1. The van der Waals surface area contributed by atoms with Gasteiger partial charge in [-0.25, -0.2) is 4.39 Å². The SMILES string of the molecule is CC(C)C(C)C(O)C(CN)c1cccc(Cl)c1F. The Morgan fingerprint density at radius 1 is 1.33 bits per heavy atom. The van der Waals surface area contributed by atoms with Gasteiger partial charge in [-0.3, -0.25) is 0 Å². The van der Waals surface area contributed by atoms with Crippen molar-refractivity contribution >= 4 is 11.6 Å². The Bertz CT molecular complexity index is 397. The van der Waals surface area contributed by atoms with Crippen LogP contribution in [-0.4, -0.2) is 17.8 Å². The Kier molecular flexibility index (Phi) is 5.57. The molecule has 0 saturated carbocycles. The lowest BCUT2D eigenvalue weighted by Crippen LogP contribution is -2.34. The van der Waals surface area contributed by atoms with E-state index in [0.29, 0.717) is 11.5 Å². The fraction of sp³-hybridized carbons (Fsp3) is 0.571. The van der Waals surface area contributed by atoms with E-state index in [-0.39, 0.29) is 17.5 Å². The molecule has 0 heterocycles. The zero-order valence-electron chi connectivity index (χ0n) is 11.0. The zero-order valence-corrected chi connectivity index (χ0v) is 11.8. The topological polar surface area (TPSA) is 46.2 Å². The van der Waals surface area contributed by atoms with Crippen LogP contribution in [-0.2, 0) is 0 Å². The predicted molar refractivity (Wildman–Crippen MR) is 73.2 cm³/mol. The van der Waals surface area contributed by atoms with Crippen LogP contribution in [0.15, 0.2) is 18.2 Å². The van der Waals surface area contributed by atoms with E-state index in [0.717, 1.165) is 0 Å². The molecule has 18 heavy (non-hydrogen) atoms. The van der Waals surface area contributed by atoms with E-state index in [1.54, 1.807) is 12.1 Å². The van der Waals surface area contributed by atoms with Gasteiger partial charge in [0.2, 0.25) is 0 Å². The van der Waals surface area contributed by atoms with Crippen molar-refractivity contribution in [3.63, 3.8) is 0 Å². The summed E-state index contributed by atoms with van der Waals surface area (Å²) in [5.74, 6) is -0.570. The van der Waals surface area contributed by atoms with Gasteiger partial charge in [0.15, 0.2) is 0 Å². The summed E-state index contributed by atoms with van der Waals surface area (Å²) in [7, 11) is 0. The lowest BCUT2D eigenvalue weighted by molar-refractivity contribution is 0.0673. The zero-order chi connectivity index (χ0) is 13.9. The minimum atomic E-state index is -0.678. The van der Waals surface area contributed by atoms with Gasteiger partial charge < -0.3 is 10.8 Å². The molecule has 1 aromatic carbocycles. The Hall–Kier alpha value is -0.640. The van der Waals surface area contributed by atoms with E-state index >= 15 is 0 Å². The van der Waals surface area contributed by atoms with Crippen LogP contribution in [0.2, 0.25) is 5.02 Å². The van der Waals surface area contributed by atoms with Crippen molar-refractivity contribution in [3.8, 4) is 0 Å². The summed E-state index contributed by atoms with van der Waals surface area (Å²) in [5.41, 5.74) is 6.09. The molecule has 0 aromatic heterocycles. The fourth-order valence-corrected chi connectivity index (χ4v) is 2.20. The van der Waals surface area contributed by atoms with Crippen LogP contribution in [0.25, 0.3) is 0 Å². The summed E-state index contributed by atoms with van der Waals surface area (Å²) in [4.78, 5) is 0. The third-order valence-corrected chi connectivity index (χ3v) is 3.93. The molecular formula is C14H21ClFNO. The number of aliphatic hydroxyl groups is 1. The third-order valence-electron chi connectivity index (χ3n) is 3.64. The highest BCUT2D eigenvalue weighted by atomic mass is 35.5. The van der Waals surface area contributed by atoms with Crippen molar-refractivity contribution < 1.29 is 9.50 Å². The average Bonchev–Trinajstić information content (AvgIpc) is 2.34. The standard InChI is InChI=1S/C14H21ClFNO/c1-8(2)9(3)14(18)11(7-17)10-5-4-6-12(15)13(10)16/h4-6,8-9,11,14,18H,7,17H2,1-3H3. The van der Waals surface area contributed by atoms with E-state index < -0.39 is 17.8 Å². The molecule has 0 aliphatic heterocycles. The van der Waals surface area contributed by atoms with Crippen LogP contribution in [0.3, 0.4) is 0 Å². The molecule has 0 radical (unpaired) electrons. The summed E-state index contributed by atoms with van der Waals surface area (Å²) in [6, 6.07) is 4.80. The Morgan fingerprint density at radius 2 is 1.94 bits per heavy atom. The summed E-state index contributed by atoms with van der Waals surface area (Å²) in [5, 5.41) is 10.4. The van der Waals surface area contributed by atoms with Crippen LogP contribution >= 0.6 is 11.6 Å². The summed E-state index contributed by atoms with van der Waals surface area (Å²) < 4.78 is 14.0. The third kappa shape index (κ3) is 3.22. The number of rotatable bonds is 5. The first kappa shape index (κ1) is 15.4. The molecule has 3 atom stereocenters. The van der Waals surface area contributed by atoms with Crippen molar-refractivity contribution in [2.24, 2.45) is 17.6 Å². The largest absolute Gasteiger partial charge is 0.392 e. The molecule has 3 unspecified atom stereocenters. The molecule has 0 spiro atoms. The summed E-state index contributed by atoms with van der Waals surface area (Å²) >= 11 is 5.76. The van der Waals surface area contributed by atoms with E-state index in [1.807, 2.05) is 20.8 Å². The van der Waals surface area contributed by atoms with Crippen molar-refractivity contribution in [1.82, 2.24) is 0 Å². The molecule has 3 N–H and O–H groups in total. The quantitative estimate of drug-likeness (QED) is 0.866. The maximum absolute atomic E-state index is 14.0. The second kappa shape index (κ2) is 6.50. The molecule has 4 heteroatoms. The molecule has 0 saturated heterocycles. The smallest absolute Gasteiger partial charge is 0.145 e. The van der Waals surface area contributed by atoms with E-state index in [2.05, 4.69) is 0 Å². The van der Waals surface area contributed by atoms with Crippen molar-refractivity contribution in [2.45, 2.75) is 32.8 Å². The molecule has 0 amide bonds. The minimum Gasteiger partial charge on any atom is -0.392 e. The number of hydrogen-bond acceptors (Lipinski definition) is 2. The highest BCUT2D eigenvalue weighted by Crippen LogP contribution is 2.31. The molecule has 102 valence electrons. The van der Waals surface area contributed by atoms with Crippen LogP contribution in [0.4, 0.5) is 4.39 Å². The maximum atomic E-state index is 14.0. The Balaban J connectivity index is 3.06. The van der Waals surface area contributed by atoms with E-state index in [9.17, 15) is 9.50 Å². The highest BCUT2D eigenvalue weighted by Gasteiger charge is 2.29. The van der Waals surface area contributed by atoms with Crippen LogP contribution < -0.4 is 5.73 Å². The summed E-state index contributed by atoms with van der Waals surface area (Å²) in [6.45, 7) is 6.18. The highest BCUT2D eigenvalue weighted by molar-refractivity contribution is 6.30. The molecule has 0 fully saturated rings. The summed E-state index contributed by atoms with van der Waals surface area (Å²) in [6.07, 6.45) is -0.678. The van der Waals surface area contributed by atoms with Gasteiger partial charge in [-0.2, -0.15) is 0 Å². The Labute approximate surface area is 113 Å². The Morgan fingerprint density at radius 3 is 2.44 bits per heavy atom. The number of hydrogen-bond donors (Lipinski definition) is 2. The lowest BCUT2D eigenvalue weighted by atomic mass is 9.81. The van der Waals surface area contributed by atoms with Gasteiger partial charge in [0.05, 0.1) is 11.1 Å². The average molecular weight is 274 g/mol.